The molecule has 1 unspecified atom stereocenters. The van der Waals surface area contributed by atoms with Crippen LogP contribution < -0.4 is 5.32 Å². The maximum absolute atomic E-state index is 9.02. The minimum absolute atomic E-state index is 0. The number of hydrogen-bond acceptors (Lipinski definition) is 3. The molecule has 1 atom stereocenters. The van der Waals surface area contributed by atoms with Gasteiger partial charge in [0.25, 0.3) is 0 Å². The summed E-state index contributed by atoms with van der Waals surface area (Å²) in [7, 11) is 1.85. The summed E-state index contributed by atoms with van der Waals surface area (Å²) in [4.78, 5) is 9.48. The first-order valence-corrected chi connectivity index (χ1v) is 9.45. The molecule has 0 saturated carbocycles. The van der Waals surface area contributed by atoms with Crippen LogP contribution in [0.4, 0.5) is 0 Å². The second kappa shape index (κ2) is 10.7. The smallest absolute Gasteiger partial charge is 0.193 e. The van der Waals surface area contributed by atoms with Crippen molar-refractivity contribution >= 4 is 29.9 Å². The van der Waals surface area contributed by atoms with Gasteiger partial charge in [-0.15, -0.1) is 24.0 Å². The third kappa shape index (κ3) is 5.85. The standard InChI is InChI=1S/C20H29N5.HI/c1-22-20(23-14-18-7-5-6-17(12-18)13-21)25-11-8-19(16-25)15-24-9-3-2-4-10-24;/h5-7,12,19H,2-4,8-11,14-16H2,1H3,(H,22,23);1H. The van der Waals surface area contributed by atoms with Gasteiger partial charge >= 0.3 is 0 Å². The average molecular weight is 467 g/mol. The second-order valence-corrected chi connectivity index (χ2v) is 7.17. The largest absolute Gasteiger partial charge is 0.352 e. The number of benzene rings is 1. The number of nitrogens with zero attached hydrogens (tertiary/aromatic N) is 4. The molecule has 26 heavy (non-hydrogen) atoms. The average Bonchev–Trinajstić information content (AvgIpc) is 3.11. The summed E-state index contributed by atoms with van der Waals surface area (Å²) < 4.78 is 0. The zero-order chi connectivity index (χ0) is 17.5. The summed E-state index contributed by atoms with van der Waals surface area (Å²) in [6.07, 6.45) is 5.38. The van der Waals surface area contributed by atoms with Crippen LogP contribution >= 0.6 is 24.0 Å². The summed E-state index contributed by atoms with van der Waals surface area (Å²) >= 11 is 0. The lowest BCUT2D eigenvalue weighted by Crippen LogP contribution is -2.41. The van der Waals surface area contributed by atoms with E-state index in [-0.39, 0.29) is 24.0 Å². The van der Waals surface area contributed by atoms with E-state index in [0.717, 1.165) is 30.5 Å². The van der Waals surface area contributed by atoms with Crippen LogP contribution in [0.3, 0.4) is 0 Å². The first-order valence-electron chi connectivity index (χ1n) is 9.45. The van der Waals surface area contributed by atoms with Gasteiger partial charge in [0.15, 0.2) is 5.96 Å². The Hall–Kier alpha value is -1.33. The number of rotatable bonds is 4. The summed E-state index contributed by atoms with van der Waals surface area (Å²) in [5.74, 6) is 1.72. The van der Waals surface area contributed by atoms with Gasteiger partial charge in [-0.2, -0.15) is 5.26 Å². The fourth-order valence-electron chi connectivity index (χ4n) is 3.95. The summed E-state index contributed by atoms with van der Waals surface area (Å²) in [5, 5.41) is 12.5. The number of guanidine groups is 1. The van der Waals surface area contributed by atoms with Gasteiger partial charge in [0, 0.05) is 33.2 Å². The van der Waals surface area contributed by atoms with Crippen molar-refractivity contribution in [1.82, 2.24) is 15.1 Å². The van der Waals surface area contributed by atoms with E-state index in [9.17, 15) is 0 Å². The normalized spacial score (nSPS) is 21.2. The molecule has 0 amide bonds. The van der Waals surface area contributed by atoms with Crippen LogP contribution in [-0.4, -0.2) is 55.5 Å². The molecule has 6 heteroatoms. The number of nitrogens with one attached hydrogen (secondary N) is 1. The third-order valence-corrected chi connectivity index (χ3v) is 5.27. The highest BCUT2D eigenvalue weighted by Gasteiger charge is 2.26. The Balaban J connectivity index is 0.00000243. The molecule has 142 valence electrons. The maximum Gasteiger partial charge on any atom is 0.193 e. The Morgan fingerprint density at radius 3 is 2.81 bits per heavy atom. The maximum atomic E-state index is 9.02. The van der Waals surface area contributed by atoms with Crippen LogP contribution in [0, 0.1) is 17.2 Å². The van der Waals surface area contributed by atoms with Crippen molar-refractivity contribution in [3.63, 3.8) is 0 Å². The van der Waals surface area contributed by atoms with E-state index in [0.29, 0.717) is 12.1 Å². The van der Waals surface area contributed by atoms with Gasteiger partial charge in [0.05, 0.1) is 11.6 Å². The highest BCUT2D eigenvalue weighted by Crippen LogP contribution is 2.20. The monoisotopic (exact) mass is 467 g/mol. The predicted molar refractivity (Wildman–Crippen MR) is 117 cm³/mol. The van der Waals surface area contributed by atoms with E-state index in [1.54, 1.807) is 0 Å². The Bertz CT molecular complexity index is 633. The quantitative estimate of drug-likeness (QED) is 0.420. The molecule has 0 bridgehead atoms. The molecule has 1 N–H and O–H groups in total. The van der Waals surface area contributed by atoms with E-state index in [1.165, 1.54) is 45.3 Å². The van der Waals surface area contributed by atoms with Gasteiger partial charge in [-0.05, 0) is 56.0 Å². The molecule has 2 aliphatic heterocycles. The SMILES string of the molecule is CN=C(NCc1cccc(C#N)c1)N1CCC(CN2CCCCC2)C1.I. The van der Waals surface area contributed by atoms with Gasteiger partial charge in [-0.25, -0.2) is 0 Å². The highest BCUT2D eigenvalue weighted by molar-refractivity contribution is 14.0. The van der Waals surface area contributed by atoms with Crippen LogP contribution in [0.2, 0.25) is 0 Å². The van der Waals surface area contributed by atoms with Crippen molar-refractivity contribution in [3.8, 4) is 6.07 Å². The fraction of sp³-hybridized carbons (Fsp3) is 0.600. The minimum Gasteiger partial charge on any atom is -0.352 e. The number of halogens is 1. The van der Waals surface area contributed by atoms with Crippen molar-refractivity contribution in [3.05, 3.63) is 35.4 Å². The first kappa shape index (κ1) is 21.0. The van der Waals surface area contributed by atoms with Crippen molar-refractivity contribution in [2.45, 2.75) is 32.2 Å². The van der Waals surface area contributed by atoms with Crippen LogP contribution in [0.5, 0.6) is 0 Å². The lowest BCUT2D eigenvalue weighted by molar-refractivity contribution is 0.198. The van der Waals surface area contributed by atoms with Crippen LogP contribution in [0.25, 0.3) is 0 Å². The first-order chi connectivity index (χ1) is 12.3. The van der Waals surface area contributed by atoms with Crippen molar-refractivity contribution in [1.29, 1.82) is 5.26 Å². The number of aliphatic imine (C=N–C) groups is 1. The molecule has 1 aromatic carbocycles. The lowest BCUT2D eigenvalue weighted by atomic mass is 10.1. The Labute approximate surface area is 174 Å². The molecule has 0 spiro atoms. The third-order valence-electron chi connectivity index (χ3n) is 5.27. The minimum atomic E-state index is 0. The predicted octanol–water partition coefficient (Wildman–Crippen LogP) is 3.06. The van der Waals surface area contributed by atoms with E-state index >= 15 is 0 Å². The van der Waals surface area contributed by atoms with E-state index < -0.39 is 0 Å². The highest BCUT2D eigenvalue weighted by atomic mass is 127. The number of nitriles is 1. The molecule has 5 nitrogen and oxygen atoms in total. The van der Waals surface area contributed by atoms with Crippen LogP contribution in [0.15, 0.2) is 29.3 Å². The lowest BCUT2D eigenvalue weighted by Gasteiger charge is -2.29. The van der Waals surface area contributed by atoms with E-state index in [4.69, 9.17) is 5.26 Å². The molecule has 0 aliphatic carbocycles. The summed E-state index contributed by atoms with van der Waals surface area (Å²) in [6.45, 7) is 6.66. The molecule has 2 heterocycles. The molecule has 1 aromatic rings. The topological polar surface area (TPSA) is 54.7 Å². The van der Waals surface area contributed by atoms with E-state index in [2.05, 4.69) is 26.2 Å². The molecule has 3 rings (SSSR count). The number of hydrogen-bond donors (Lipinski definition) is 1. The Morgan fingerprint density at radius 2 is 2.08 bits per heavy atom. The molecule has 0 aromatic heterocycles. The van der Waals surface area contributed by atoms with E-state index in [1.807, 2.05) is 31.3 Å². The van der Waals surface area contributed by atoms with Gasteiger partial charge < -0.3 is 15.1 Å². The molecular weight excluding hydrogens is 437 g/mol. The number of likely N-dealkylation sites (tertiary alicyclic amines) is 2. The van der Waals surface area contributed by atoms with Crippen LogP contribution in [-0.2, 0) is 6.54 Å². The molecular formula is C20H30IN5. The molecule has 0 radical (unpaired) electrons. The zero-order valence-electron chi connectivity index (χ0n) is 15.7. The molecule has 2 aliphatic rings. The van der Waals surface area contributed by atoms with Gasteiger partial charge in [0.1, 0.15) is 0 Å². The van der Waals surface area contributed by atoms with Gasteiger partial charge in [0.2, 0.25) is 0 Å². The molecule has 2 saturated heterocycles. The zero-order valence-corrected chi connectivity index (χ0v) is 18.0. The number of piperidine rings is 1. The van der Waals surface area contributed by atoms with Gasteiger partial charge in [-0.3, -0.25) is 4.99 Å². The summed E-state index contributed by atoms with van der Waals surface area (Å²) in [5.41, 5.74) is 1.82. The molecule has 2 fully saturated rings. The van der Waals surface area contributed by atoms with Crippen molar-refractivity contribution in [2.24, 2.45) is 10.9 Å². The van der Waals surface area contributed by atoms with Crippen molar-refractivity contribution < 1.29 is 0 Å². The van der Waals surface area contributed by atoms with Gasteiger partial charge in [-0.1, -0.05) is 18.6 Å². The van der Waals surface area contributed by atoms with Crippen LogP contribution in [0.1, 0.15) is 36.8 Å². The second-order valence-electron chi connectivity index (χ2n) is 7.17. The fourth-order valence-corrected chi connectivity index (χ4v) is 3.95. The summed E-state index contributed by atoms with van der Waals surface area (Å²) in [6, 6.07) is 9.95. The van der Waals surface area contributed by atoms with Crippen molar-refractivity contribution in [2.75, 3.05) is 39.8 Å². The Kier molecular flexibility index (Phi) is 8.66. The Morgan fingerprint density at radius 1 is 1.27 bits per heavy atom.